The lowest BCUT2D eigenvalue weighted by Gasteiger charge is -2.34. The van der Waals surface area contributed by atoms with Crippen LogP contribution in [0.4, 0.5) is 0 Å². The van der Waals surface area contributed by atoms with E-state index in [9.17, 15) is 0 Å². The molecule has 1 fully saturated rings. The Bertz CT molecular complexity index is 374. The predicted molar refractivity (Wildman–Crippen MR) is 84.9 cm³/mol. The van der Waals surface area contributed by atoms with Gasteiger partial charge in [0.15, 0.2) is 0 Å². The Kier molecular flexibility index (Phi) is 8.20. The molecule has 4 nitrogen and oxygen atoms in total. The number of aliphatic hydroxyl groups excluding tert-OH is 1. The van der Waals surface area contributed by atoms with Crippen LogP contribution in [0.25, 0.3) is 0 Å². The summed E-state index contributed by atoms with van der Waals surface area (Å²) in [5.74, 6) is 2.64. The molecule has 1 heterocycles. The smallest absolute Gasteiger partial charge is 0.0558 e. The highest BCUT2D eigenvalue weighted by atomic mass is 16.3. The molecule has 0 saturated carbocycles. The Hall–Kier alpha value is -1.15. The summed E-state index contributed by atoms with van der Waals surface area (Å²) in [7, 11) is 0. The van der Waals surface area contributed by atoms with Crippen LogP contribution in [0.15, 0.2) is 16.8 Å². The van der Waals surface area contributed by atoms with Gasteiger partial charge in [-0.1, -0.05) is 6.92 Å². The van der Waals surface area contributed by atoms with Gasteiger partial charge in [0.05, 0.1) is 6.61 Å². The van der Waals surface area contributed by atoms with Crippen LogP contribution >= 0.6 is 0 Å². The Labute approximate surface area is 123 Å². The summed E-state index contributed by atoms with van der Waals surface area (Å²) in [6, 6.07) is 0. The van der Waals surface area contributed by atoms with Gasteiger partial charge in [-0.05, 0) is 18.9 Å². The quantitative estimate of drug-likeness (QED) is 0.564. The minimum Gasteiger partial charge on any atom is -0.395 e. The van der Waals surface area contributed by atoms with Gasteiger partial charge in [0.25, 0.3) is 0 Å². The fourth-order valence-corrected chi connectivity index (χ4v) is 2.29. The van der Waals surface area contributed by atoms with Crippen molar-refractivity contribution < 1.29 is 5.11 Å². The molecule has 0 aliphatic carbocycles. The molecule has 1 rings (SSSR count). The maximum atomic E-state index is 8.93. The van der Waals surface area contributed by atoms with Crippen molar-refractivity contribution in [2.24, 2.45) is 4.99 Å². The molecule has 0 spiro atoms. The highest BCUT2D eigenvalue weighted by Crippen LogP contribution is 2.05. The number of aliphatic imine (C=N–C) groups is 1. The molecule has 1 aliphatic rings. The van der Waals surface area contributed by atoms with Gasteiger partial charge in [0.2, 0.25) is 0 Å². The van der Waals surface area contributed by atoms with Gasteiger partial charge in [-0.3, -0.25) is 14.8 Å². The van der Waals surface area contributed by atoms with E-state index in [1.165, 1.54) is 5.57 Å². The normalized spacial score (nSPS) is 19.1. The molecule has 1 saturated heterocycles. The molecular formula is C16H27N3O. The summed E-state index contributed by atoms with van der Waals surface area (Å²) in [5, 5.41) is 8.93. The van der Waals surface area contributed by atoms with Crippen molar-refractivity contribution in [3.8, 4) is 12.3 Å². The van der Waals surface area contributed by atoms with Crippen LogP contribution in [-0.2, 0) is 0 Å². The van der Waals surface area contributed by atoms with Crippen LogP contribution in [0.1, 0.15) is 26.7 Å². The summed E-state index contributed by atoms with van der Waals surface area (Å²) in [4.78, 5) is 9.22. The second-order valence-electron chi connectivity index (χ2n) is 5.25. The molecule has 0 unspecified atom stereocenters. The van der Waals surface area contributed by atoms with Crippen LogP contribution in [0, 0.1) is 12.3 Å². The Balaban J connectivity index is 2.39. The van der Waals surface area contributed by atoms with Gasteiger partial charge in [-0.2, -0.15) is 0 Å². The summed E-state index contributed by atoms with van der Waals surface area (Å²) in [6.45, 7) is 10.4. The summed E-state index contributed by atoms with van der Waals surface area (Å²) in [5.41, 5.74) is 2.34. The van der Waals surface area contributed by atoms with E-state index in [-0.39, 0.29) is 6.61 Å². The van der Waals surface area contributed by atoms with Crippen molar-refractivity contribution >= 4 is 5.71 Å². The molecule has 0 amide bonds. The number of β-amino-alcohol motifs (C(OH)–C–C–N with tert-alkyl or cyclic N) is 1. The van der Waals surface area contributed by atoms with E-state index in [1.54, 1.807) is 0 Å². The molecule has 0 aromatic heterocycles. The van der Waals surface area contributed by atoms with Crippen molar-refractivity contribution in [1.82, 2.24) is 9.80 Å². The number of hydrogen-bond donors (Lipinski definition) is 1. The number of hydrogen-bond acceptors (Lipinski definition) is 4. The van der Waals surface area contributed by atoms with Crippen molar-refractivity contribution in [2.75, 3.05) is 45.9 Å². The lowest BCUT2D eigenvalue weighted by atomic mass is 10.2. The van der Waals surface area contributed by atoms with Crippen molar-refractivity contribution in [1.29, 1.82) is 0 Å². The Morgan fingerprint density at radius 1 is 1.30 bits per heavy atom. The van der Waals surface area contributed by atoms with Crippen molar-refractivity contribution in [3.63, 3.8) is 0 Å². The van der Waals surface area contributed by atoms with Crippen LogP contribution in [0.5, 0.6) is 0 Å². The van der Waals surface area contributed by atoms with Gasteiger partial charge in [0.1, 0.15) is 0 Å². The number of rotatable bonds is 7. The first-order valence-electron chi connectivity index (χ1n) is 7.39. The summed E-state index contributed by atoms with van der Waals surface area (Å²) < 4.78 is 0. The fourth-order valence-electron chi connectivity index (χ4n) is 2.29. The largest absolute Gasteiger partial charge is 0.395 e. The van der Waals surface area contributed by atoms with Gasteiger partial charge in [-0.15, -0.1) is 12.3 Å². The molecule has 0 aromatic rings. The molecular weight excluding hydrogens is 250 g/mol. The number of terminal acetylenes is 1. The van der Waals surface area contributed by atoms with Gasteiger partial charge in [-0.25, -0.2) is 0 Å². The second-order valence-corrected chi connectivity index (χ2v) is 5.25. The van der Waals surface area contributed by atoms with Gasteiger partial charge >= 0.3 is 0 Å². The molecule has 0 aromatic carbocycles. The van der Waals surface area contributed by atoms with Gasteiger partial charge < -0.3 is 5.11 Å². The Morgan fingerprint density at radius 2 is 1.95 bits per heavy atom. The summed E-state index contributed by atoms with van der Waals surface area (Å²) >= 11 is 0. The maximum absolute atomic E-state index is 8.93. The van der Waals surface area contributed by atoms with Crippen LogP contribution < -0.4 is 0 Å². The van der Waals surface area contributed by atoms with Crippen molar-refractivity contribution in [3.05, 3.63) is 11.8 Å². The van der Waals surface area contributed by atoms with E-state index in [0.717, 1.165) is 51.4 Å². The van der Waals surface area contributed by atoms with Crippen LogP contribution in [0.2, 0.25) is 0 Å². The predicted octanol–water partition coefficient (Wildman–Crippen LogP) is 1.37. The lowest BCUT2D eigenvalue weighted by molar-refractivity contribution is 0.118. The lowest BCUT2D eigenvalue weighted by Crippen LogP contribution is -2.47. The SMILES string of the molecule is C#CC/C(CC)=N\C=C(/C)CN1CCN(CCO)CC1. The standard InChI is InChI=1S/C16H27N3O/c1-4-6-16(5-2)17-13-15(3)14-19-9-7-18(8-10-19)11-12-20/h1,13,20H,5-12,14H2,2-3H3/b15-13+,17-16-. The van der Waals surface area contributed by atoms with E-state index in [4.69, 9.17) is 11.5 Å². The second kappa shape index (κ2) is 9.71. The van der Waals surface area contributed by atoms with Crippen LogP contribution in [0.3, 0.4) is 0 Å². The van der Waals surface area contributed by atoms with Gasteiger partial charge in [0, 0.05) is 57.6 Å². The van der Waals surface area contributed by atoms with Crippen LogP contribution in [-0.4, -0.2) is 66.5 Å². The minimum atomic E-state index is 0.253. The first kappa shape index (κ1) is 16.9. The van der Waals surface area contributed by atoms with E-state index in [0.29, 0.717) is 6.42 Å². The highest BCUT2D eigenvalue weighted by molar-refractivity contribution is 5.86. The zero-order valence-electron chi connectivity index (χ0n) is 12.8. The molecule has 0 bridgehead atoms. The first-order chi connectivity index (χ1) is 9.69. The monoisotopic (exact) mass is 277 g/mol. The topological polar surface area (TPSA) is 39.1 Å². The molecule has 112 valence electrons. The number of aliphatic hydroxyl groups is 1. The van der Waals surface area contributed by atoms with Crippen molar-refractivity contribution in [2.45, 2.75) is 26.7 Å². The third-order valence-electron chi connectivity index (χ3n) is 3.54. The number of nitrogens with zero attached hydrogens (tertiary/aromatic N) is 3. The molecule has 1 aliphatic heterocycles. The number of piperazine rings is 1. The fraction of sp³-hybridized carbons (Fsp3) is 0.688. The zero-order chi connectivity index (χ0) is 14.8. The summed E-state index contributed by atoms with van der Waals surface area (Å²) in [6.07, 6.45) is 8.82. The zero-order valence-corrected chi connectivity index (χ0v) is 12.8. The van der Waals surface area contributed by atoms with E-state index in [2.05, 4.69) is 34.6 Å². The first-order valence-corrected chi connectivity index (χ1v) is 7.39. The maximum Gasteiger partial charge on any atom is 0.0558 e. The average molecular weight is 277 g/mol. The Morgan fingerprint density at radius 3 is 2.50 bits per heavy atom. The molecule has 1 N–H and O–H groups in total. The highest BCUT2D eigenvalue weighted by Gasteiger charge is 2.15. The third-order valence-corrected chi connectivity index (χ3v) is 3.54. The minimum absolute atomic E-state index is 0.253. The average Bonchev–Trinajstić information content (AvgIpc) is 2.46. The molecule has 4 heteroatoms. The van der Waals surface area contributed by atoms with E-state index >= 15 is 0 Å². The molecule has 20 heavy (non-hydrogen) atoms. The molecule has 0 radical (unpaired) electrons. The van der Waals surface area contributed by atoms with E-state index in [1.807, 2.05) is 6.20 Å². The molecule has 0 atom stereocenters. The van der Waals surface area contributed by atoms with E-state index < -0.39 is 0 Å². The third kappa shape index (κ3) is 6.33.